The van der Waals surface area contributed by atoms with Crippen molar-refractivity contribution < 1.29 is 4.79 Å². The molecule has 0 fully saturated rings. The van der Waals surface area contributed by atoms with Crippen molar-refractivity contribution in [3.05, 3.63) is 78.9 Å². The quantitative estimate of drug-likeness (QED) is 0.438. The highest BCUT2D eigenvalue weighted by Crippen LogP contribution is 2.24. The van der Waals surface area contributed by atoms with E-state index in [1.807, 2.05) is 65.3 Å². The Labute approximate surface area is 148 Å². The molecule has 0 saturated heterocycles. The minimum Gasteiger partial charge on any atom is -0.361 e. The zero-order valence-corrected chi connectivity index (χ0v) is 13.7. The molecule has 0 unspecified atom stereocenters. The van der Waals surface area contributed by atoms with Gasteiger partial charge in [-0.25, -0.2) is 4.98 Å². The number of nitrogens with zero attached hydrogens (tertiary/aromatic N) is 2. The zero-order valence-electron chi connectivity index (χ0n) is 13.7. The van der Waals surface area contributed by atoms with E-state index in [0.29, 0.717) is 5.56 Å². The van der Waals surface area contributed by atoms with E-state index < -0.39 is 0 Å². The van der Waals surface area contributed by atoms with Crippen molar-refractivity contribution in [3.8, 4) is 0 Å². The maximum atomic E-state index is 12.5. The topological polar surface area (TPSA) is 74.2 Å². The number of benzene rings is 2. The van der Waals surface area contributed by atoms with Crippen LogP contribution in [-0.4, -0.2) is 20.3 Å². The fourth-order valence-corrected chi connectivity index (χ4v) is 3.22. The predicted octanol–water partition coefficient (Wildman–Crippen LogP) is 3.73. The van der Waals surface area contributed by atoms with E-state index in [0.717, 1.165) is 33.0 Å². The first-order valence-corrected chi connectivity index (χ1v) is 8.27. The van der Waals surface area contributed by atoms with Gasteiger partial charge in [-0.3, -0.25) is 15.6 Å². The highest BCUT2D eigenvalue weighted by atomic mass is 16.2. The molecule has 1 amide bonds. The van der Waals surface area contributed by atoms with E-state index in [9.17, 15) is 4.79 Å². The lowest BCUT2D eigenvalue weighted by Gasteiger charge is -2.11. The molecule has 3 aromatic heterocycles. The van der Waals surface area contributed by atoms with Crippen LogP contribution in [0.5, 0.6) is 0 Å². The lowest BCUT2D eigenvalue weighted by Crippen LogP contribution is -2.29. The summed E-state index contributed by atoms with van der Waals surface area (Å²) in [5.41, 5.74) is 9.90. The molecular formula is C20H15N5O. The number of rotatable bonds is 3. The molecule has 6 nitrogen and oxygen atoms in total. The molecule has 6 heteroatoms. The molecule has 0 aliphatic rings. The lowest BCUT2D eigenvalue weighted by atomic mass is 10.1. The van der Waals surface area contributed by atoms with Crippen LogP contribution >= 0.6 is 0 Å². The van der Waals surface area contributed by atoms with Crippen LogP contribution in [0.1, 0.15) is 10.4 Å². The van der Waals surface area contributed by atoms with Crippen LogP contribution in [0.25, 0.3) is 27.3 Å². The van der Waals surface area contributed by atoms with Gasteiger partial charge in [-0.1, -0.05) is 18.2 Å². The Hall–Kier alpha value is -3.80. The summed E-state index contributed by atoms with van der Waals surface area (Å²) in [4.78, 5) is 20.1. The first-order chi connectivity index (χ1) is 12.8. The lowest BCUT2D eigenvalue weighted by molar-refractivity contribution is 0.0963. The minimum absolute atomic E-state index is 0.206. The van der Waals surface area contributed by atoms with E-state index in [-0.39, 0.29) is 5.91 Å². The molecule has 126 valence electrons. The Morgan fingerprint density at radius 3 is 3.00 bits per heavy atom. The second kappa shape index (κ2) is 5.63. The van der Waals surface area contributed by atoms with E-state index in [4.69, 9.17) is 0 Å². The number of nitrogens with one attached hydrogen (secondary N) is 3. The molecule has 0 bridgehead atoms. The van der Waals surface area contributed by atoms with E-state index in [1.54, 1.807) is 12.4 Å². The maximum Gasteiger partial charge on any atom is 0.269 e. The Balaban J connectivity index is 1.44. The average molecular weight is 341 g/mol. The molecule has 5 aromatic rings. The van der Waals surface area contributed by atoms with Gasteiger partial charge < -0.3 is 9.38 Å². The van der Waals surface area contributed by atoms with Crippen LogP contribution in [0.3, 0.4) is 0 Å². The number of fused-ring (bicyclic) bond motifs is 4. The number of hydrogen-bond acceptors (Lipinski definition) is 3. The van der Waals surface area contributed by atoms with Crippen molar-refractivity contribution in [2.45, 2.75) is 0 Å². The van der Waals surface area contributed by atoms with Gasteiger partial charge in [0.25, 0.3) is 5.91 Å². The first kappa shape index (κ1) is 14.5. The van der Waals surface area contributed by atoms with Gasteiger partial charge in [0.2, 0.25) is 0 Å². The Bertz CT molecular complexity index is 1270. The highest BCUT2D eigenvalue weighted by Gasteiger charge is 2.09. The molecule has 0 spiro atoms. The monoisotopic (exact) mass is 341 g/mol. The van der Waals surface area contributed by atoms with E-state index in [1.165, 1.54) is 0 Å². The van der Waals surface area contributed by atoms with Crippen LogP contribution in [0.2, 0.25) is 0 Å². The third-order valence-electron chi connectivity index (χ3n) is 4.53. The van der Waals surface area contributed by atoms with Gasteiger partial charge in [0.15, 0.2) is 0 Å². The summed E-state index contributed by atoms with van der Waals surface area (Å²) in [7, 11) is 0. The van der Waals surface area contributed by atoms with Crippen LogP contribution in [0.4, 0.5) is 5.69 Å². The summed E-state index contributed by atoms with van der Waals surface area (Å²) in [6, 6.07) is 17.4. The second-order valence-electron chi connectivity index (χ2n) is 6.11. The number of H-pyrrole nitrogens is 1. The van der Waals surface area contributed by atoms with Crippen molar-refractivity contribution in [3.63, 3.8) is 0 Å². The SMILES string of the molecule is O=C(NNc1cccc2c1ncn1cccc21)c1ccc2cc[nH]c2c1. The number of hydrazine groups is 1. The Kier molecular flexibility index (Phi) is 3.15. The van der Waals surface area contributed by atoms with Gasteiger partial charge >= 0.3 is 0 Å². The van der Waals surface area contributed by atoms with Gasteiger partial charge in [-0.15, -0.1) is 0 Å². The summed E-state index contributed by atoms with van der Waals surface area (Å²) >= 11 is 0. The summed E-state index contributed by atoms with van der Waals surface area (Å²) < 4.78 is 1.97. The van der Waals surface area contributed by atoms with Crippen LogP contribution in [-0.2, 0) is 0 Å². The fourth-order valence-electron chi connectivity index (χ4n) is 3.22. The molecule has 2 aromatic carbocycles. The van der Waals surface area contributed by atoms with Crippen molar-refractivity contribution >= 4 is 38.9 Å². The molecule has 0 aliphatic heterocycles. The number of amides is 1. The fraction of sp³-hybridized carbons (Fsp3) is 0. The van der Waals surface area contributed by atoms with Crippen LogP contribution in [0, 0.1) is 0 Å². The highest BCUT2D eigenvalue weighted by molar-refractivity contribution is 6.02. The summed E-state index contributed by atoms with van der Waals surface area (Å²) in [5.74, 6) is -0.206. The van der Waals surface area contributed by atoms with Gasteiger partial charge in [0.05, 0.1) is 23.0 Å². The summed E-state index contributed by atoms with van der Waals surface area (Å²) in [6.45, 7) is 0. The smallest absolute Gasteiger partial charge is 0.269 e. The largest absolute Gasteiger partial charge is 0.361 e. The summed E-state index contributed by atoms with van der Waals surface area (Å²) in [6.07, 6.45) is 5.58. The second-order valence-corrected chi connectivity index (χ2v) is 6.11. The van der Waals surface area contributed by atoms with E-state index >= 15 is 0 Å². The van der Waals surface area contributed by atoms with Crippen molar-refractivity contribution in [2.24, 2.45) is 0 Å². The van der Waals surface area contributed by atoms with Gasteiger partial charge in [-0.05, 0) is 41.8 Å². The third-order valence-corrected chi connectivity index (χ3v) is 4.53. The number of aromatic nitrogens is 3. The molecule has 0 aliphatic carbocycles. The number of carbonyl (C=O) groups is 1. The van der Waals surface area contributed by atoms with Gasteiger partial charge in [0.1, 0.15) is 0 Å². The van der Waals surface area contributed by atoms with Gasteiger partial charge in [0, 0.05) is 28.9 Å². The molecule has 0 atom stereocenters. The number of para-hydroxylation sites is 1. The summed E-state index contributed by atoms with van der Waals surface area (Å²) in [5, 5.41) is 2.09. The van der Waals surface area contributed by atoms with Crippen LogP contribution < -0.4 is 10.9 Å². The van der Waals surface area contributed by atoms with Crippen molar-refractivity contribution in [2.75, 3.05) is 5.43 Å². The van der Waals surface area contributed by atoms with Crippen LogP contribution in [0.15, 0.2) is 73.3 Å². The zero-order chi connectivity index (χ0) is 17.5. The molecule has 0 radical (unpaired) electrons. The number of anilines is 1. The molecule has 3 N–H and O–H groups in total. The molecule has 0 saturated carbocycles. The van der Waals surface area contributed by atoms with Crippen molar-refractivity contribution in [1.29, 1.82) is 0 Å². The minimum atomic E-state index is -0.206. The average Bonchev–Trinajstić information content (AvgIpc) is 3.34. The first-order valence-electron chi connectivity index (χ1n) is 8.27. The van der Waals surface area contributed by atoms with Gasteiger partial charge in [-0.2, -0.15) is 0 Å². The molecular weight excluding hydrogens is 326 g/mol. The molecule has 5 rings (SSSR count). The number of aromatic amines is 1. The normalized spacial score (nSPS) is 11.2. The predicted molar refractivity (Wildman–Crippen MR) is 102 cm³/mol. The number of hydrogen-bond donors (Lipinski definition) is 3. The Morgan fingerprint density at radius 1 is 1.08 bits per heavy atom. The van der Waals surface area contributed by atoms with Crippen molar-refractivity contribution in [1.82, 2.24) is 19.8 Å². The molecule has 26 heavy (non-hydrogen) atoms. The Morgan fingerprint density at radius 2 is 2.04 bits per heavy atom. The van der Waals surface area contributed by atoms with E-state index in [2.05, 4.69) is 20.8 Å². The maximum absolute atomic E-state index is 12.5. The third kappa shape index (κ3) is 2.28. The number of carbonyl (C=O) groups excluding carboxylic acids is 1. The standard InChI is InChI=1S/C20H15N5O/c26-20(14-7-6-13-8-9-21-17(13)11-14)24-23-16-4-1-3-15-18-5-2-10-25(18)12-22-19(15)16/h1-12,21,23H,(H,24,26). The molecule has 3 heterocycles.